The summed E-state index contributed by atoms with van der Waals surface area (Å²) in [5.41, 5.74) is 2.58. The number of pyridine rings is 1. The molecule has 1 aliphatic carbocycles. The van der Waals surface area contributed by atoms with Crippen LogP contribution < -0.4 is 10.6 Å². The van der Waals surface area contributed by atoms with Crippen LogP contribution in [0.3, 0.4) is 0 Å². The van der Waals surface area contributed by atoms with E-state index in [-0.39, 0.29) is 6.54 Å². The Morgan fingerprint density at radius 3 is 2.45 bits per heavy atom. The van der Waals surface area contributed by atoms with Gasteiger partial charge in [0.25, 0.3) is 0 Å². The molecule has 0 atom stereocenters. The minimum Gasteiger partial charge on any atom is -0.373 e. The number of fused-ring (bicyclic) bond motifs is 1. The van der Waals surface area contributed by atoms with Gasteiger partial charge in [0, 0.05) is 29.5 Å². The highest BCUT2D eigenvalue weighted by Crippen LogP contribution is 2.27. The van der Waals surface area contributed by atoms with E-state index < -0.39 is 18.1 Å². The number of benzene rings is 1. The number of anilines is 1. The van der Waals surface area contributed by atoms with Crippen LogP contribution in [0.1, 0.15) is 56.5 Å². The number of nitrogens with one attached hydrogen (secondary N) is 2. The van der Waals surface area contributed by atoms with Gasteiger partial charge in [-0.05, 0) is 95.4 Å². The summed E-state index contributed by atoms with van der Waals surface area (Å²) in [6, 6.07) is 14.3. The Hall–Kier alpha value is -3.53. The lowest BCUT2D eigenvalue weighted by Gasteiger charge is -2.33. The van der Waals surface area contributed by atoms with Crippen LogP contribution in [0.5, 0.6) is 0 Å². The molecule has 6 nitrogen and oxygen atoms in total. The smallest absolute Gasteiger partial charge is 0.373 e. The van der Waals surface area contributed by atoms with Crippen molar-refractivity contribution in [1.82, 2.24) is 19.8 Å². The number of hydrogen-bond donors (Lipinski definition) is 2. The topological polar surface area (TPSA) is 68.9 Å². The first-order valence-electron chi connectivity index (χ1n) is 13.6. The van der Waals surface area contributed by atoms with E-state index in [2.05, 4.69) is 52.5 Å². The Labute approximate surface area is 234 Å². The summed E-state index contributed by atoms with van der Waals surface area (Å²) in [6.45, 7) is 3.41. The van der Waals surface area contributed by atoms with E-state index in [0.717, 1.165) is 29.5 Å². The molecule has 0 radical (unpaired) electrons. The molecule has 1 aromatic carbocycles. The Bertz CT molecular complexity index is 1400. The van der Waals surface area contributed by atoms with Crippen LogP contribution in [0.15, 0.2) is 42.6 Å². The molecule has 0 spiro atoms. The van der Waals surface area contributed by atoms with Crippen molar-refractivity contribution in [1.29, 1.82) is 5.26 Å². The summed E-state index contributed by atoms with van der Waals surface area (Å²) in [7, 11) is 4.26. The lowest BCUT2D eigenvalue weighted by atomic mass is 9.90. The van der Waals surface area contributed by atoms with Crippen LogP contribution in [0.25, 0.3) is 10.9 Å². The van der Waals surface area contributed by atoms with Crippen LogP contribution in [-0.2, 0) is 18.5 Å². The molecule has 0 unspecified atom stereocenters. The third-order valence-electron chi connectivity index (χ3n) is 7.61. The fourth-order valence-corrected chi connectivity index (χ4v) is 5.15. The number of nitriles is 1. The number of rotatable bonds is 8. The maximum atomic E-state index is 13.4. The molecule has 1 saturated carbocycles. The normalized spacial score (nSPS) is 17.9. The summed E-state index contributed by atoms with van der Waals surface area (Å²) in [4.78, 5) is 6.63. The third-order valence-corrected chi connectivity index (χ3v) is 7.61. The second kappa shape index (κ2) is 12.3. The molecule has 2 N–H and O–H groups in total. The van der Waals surface area contributed by atoms with E-state index in [1.807, 2.05) is 18.2 Å². The minimum absolute atomic E-state index is 0.238. The molecule has 40 heavy (non-hydrogen) atoms. The molecule has 2 aromatic heterocycles. The number of nitrogens with zero attached hydrogens (tertiary/aromatic N) is 4. The largest absolute Gasteiger partial charge is 0.406 e. The summed E-state index contributed by atoms with van der Waals surface area (Å²) >= 11 is 0. The molecule has 0 bridgehead atoms. The standard InChI is InChI=1S/C31H37F3N6/c1-30(2,20-35)29-14-10-25(19-38-29)36-15-5-6-27-17-23-16-22(7-13-28(23)40(27)21-31(32,33)34)18-37-24-8-11-26(12-9-24)39(3)4/h7,10,13-14,16-17,19,24,26,36-37H,8-9,11-12,15,18,21H2,1-4H3. The van der Waals surface area contributed by atoms with Crippen molar-refractivity contribution in [3.63, 3.8) is 0 Å². The summed E-state index contributed by atoms with van der Waals surface area (Å²) in [5.74, 6) is 5.87. The quantitative estimate of drug-likeness (QED) is 0.346. The monoisotopic (exact) mass is 550 g/mol. The maximum Gasteiger partial charge on any atom is 0.406 e. The van der Waals surface area contributed by atoms with Crippen molar-refractivity contribution in [3.05, 3.63) is 59.5 Å². The molecule has 4 rings (SSSR count). The lowest BCUT2D eigenvalue weighted by molar-refractivity contribution is -0.140. The second-order valence-electron chi connectivity index (χ2n) is 11.3. The molecule has 1 fully saturated rings. The van der Waals surface area contributed by atoms with Crippen molar-refractivity contribution in [2.24, 2.45) is 0 Å². The second-order valence-corrected chi connectivity index (χ2v) is 11.3. The Kier molecular flexibility index (Phi) is 9.08. The first kappa shape index (κ1) is 29.5. The predicted octanol–water partition coefficient (Wildman–Crippen LogP) is 5.83. The van der Waals surface area contributed by atoms with E-state index in [0.29, 0.717) is 35.5 Å². The van der Waals surface area contributed by atoms with E-state index >= 15 is 0 Å². The molecule has 0 aliphatic heterocycles. The molecule has 9 heteroatoms. The van der Waals surface area contributed by atoms with Gasteiger partial charge in [0.05, 0.1) is 41.3 Å². The van der Waals surface area contributed by atoms with Gasteiger partial charge in [-0.2, -0.15) is 18.4 Å². The lowest BCUT2D eigenvalue weighted by Crippen LogP contribution is -2.39. The van der Waals surface area contributed by atoms with Gasteiger partial charge in [-0.15, -0.1) is 0 Å². The van der Waals surface area contributed by atoms with Crippen LogP contribution in [0.2, 0.25) is 0 Å². The van der Waals surface area contributed by atoms with Crippen molar-refractivity contribution >= 4 is 16.6 Å². The highest BCUT2D eigenvalue weighted by atomic mass is 19.4. The van der Waals surface area contributed by atoms with Gasteiger partial charge in [0.1, 0.15) is 6.54 Å². The first-order valence-corrected chi connectivity index (χ1v) is 13.6. The van der Waals surface area contributed by atoms with Gasteiger partial charge in [-0.1, -0.05) is 12.0 Å². The SMILES string of the molecule is CN(C)C1CCC(NCc2ccc3c(c2)cc(C#CCNc2ccc(C(C)(C)C#N)nc2)n3CC(F)(F)F)CC1. The van der Waals surface area contributed by atoms with Gasteiger partial charge >= 0.3 is 6.18 Å². The van der Waals surface area contributed by atoms with Crippen molar-refractivity contribution in [2.45, 2.75) is 76.3 Å². The highest BCUT2D eigenvalue weighted by molar-refractivity contribution is 5.83. The van der Waals surface area contributed by atoms with Crippen molar-refractivity contribution < 1.29 is 13.2 Å². The van der Waals surface area contributed by atoms with Gasteiger partial charge in [0.15, 0.2) is 0 Å². The Morgan fingerprint density at radius 1 is 1.07 bits per heavy atom. The van der Waals surface area contributed by atoms with E-state index in [9.17, 15) is 18.4 Å². The molecular weight excluding hydrogens is 513 g/mol. The zero-order chi connectivity index (χ0) is 28.9. The molecule has 212 valence electrons. The zero-order valence-electron chi connectivity index (χ0n) is 23.6. The maximum absolute atomic E-state index is 13.4. The predicted molar refractivity (Wildman–Crippen MR) is 153 cm³/mol. The van der Waals surface area contributed by atoms with E-state index in [1.54, 1.807) is 38.2 Å². The number of aromatic nitrogens is 2. The summed E-state index contributed by atoms with van der Waals surface area (Å²) in [5, 5.41) is 16.8. The van der Waals surface area contributed by atoms with E-state index in [4.69, 9.17) is 0 Å². The highest BCUT2D eigenvalue weighted by Gasteiger charge is 2.30. The summed E-state index contributed by atoms with van der Waals surface area (Å²) < 4.78 is 41.6. The molecule has 0 saturated heterocycles. The molecular formula is C31H37F3N6. The fourth-order valence-electron chi connectivity index (χ4n) is 5.15. The average Bonchev–Trinajstić information content (AvgIpc) is 3.25. The van der Waals surface area contributed by atoms with Crippen LogP contribution in [0.4, 0.5) is 18.9 Å². The van der Waals surface area contributed by atoms with Crippen molar-refractivity contribution in [2.75, 3.05) is 26.0 Å². The van der Waals surface area contributed by atoms with Crippen LogP contribution in [0, 0.1) is 23.2 Å². The van der Waals surface area contributed by atoms with Gasteiger partial charge in [-0.3, -0.25) is 4.98 Å². The molecule has 3 aromatic rings. The van der Waals surface area contributed by atoms with E-state index in [1.165, 1.54) is 17.4 Å². The Morgan fingerprint density at radius 2 is 1.82 bits per heavy atom. The molecule has 0 amide bonds. The fraction of sp³-hybridized carbons (Fsp3) is 0.484. The minimum atomic E-state index is -4.36. The van der Waals surface area contributed by atoms with Crippen LogP contribution in [-0.4, -0.2) is 53.4 Å². The summed E-state index contributed by atoms with van der Waals surface area (Å²) in [6.07, 6.45) is 1.85. The van der Waals surface area contributed by atoms with Gasteiger partial charge in [0.2, 0.25) is 0 Å². The van der Waals surface area contributed by atoms with Gasteiger partial charge < -0.3 is 20.1 Å². The molecule has 2 heterocycles. The molecule has 1 aliphatic rings. The Balaban J connectivity index is 1.44. The third kappa shape index (κ3) is 7.56. The number of halogens is 3. The van der Waals surface area contributed by atoms with Crippen LogP contribution >= 0.6 is 0 Å². The van der Waals surface area contributed by atoms with Crippen molar-refractivity contribution in [3.8, 4) is 17.9 Å². The van der Waals surface area contributed by atoms with Gasteiger partial charge in [-0.25, -0.2) is 0 Å². The number of hydrogen-bond acceptors (Lipinski definition) is 5. The first-order chi connectivity index (χ1) is 18.9. The number of alkyl halides is 3. The zero-order valence-corrected chi connectivity index (χ0v) is 23.6. The average molecular weight is 551 g/mol.